The van der Waals surface area contributed by atoms with Crippen LogP contribution in [-0.4, -0.2) is 59.9 Å². The highest BCUT2D eigenvalue weighted by molar-refractivity contribution is 6.20. The van der Waals surface area contributed by atoms with Gasteiger partial charge in [0.2, 0.25) is 0 Å². The summed E-state index contributed by atoms with van der Waals surface area (Å²) in [5, 5.41) is 19.2. The van der Waals surface area contributed by atoms with Crippen molar-refractivity contribution in [3.05, 3.63) is 0 Å². The molecule has 0 aromatic carbocycles. The Morgan fingerprint density at radius 3 is 1.40 bits per heavy atom. The number of carboxylic acids is 2. The van der Waals surface area contributed by atoms with Crippen molar-refractivity contribution >= 4 is 35.4 Å². The van der Waals surface area contributed by atoms with E-state index in [1.165, 1.54) is 0 Å². The minimum Gasteiger partial charge on any atom is -0.480 e. The quantitative estimate of drug-likeness (QED) is 0.474. The number of carbonyl (C=O) groups excluding carboxylic acids is 4. The molecule has 2 aliphatic carbocycles. The normalized spacial score (nSPS) is 34.2. The van der Waals surface area contributed by atoms with Crippen LogP contribution < -0.4 is 0 Å². The number of hydrogen-bond acceptors (Lipinski definition) is 8. The lowest BCUT2D eigenvalue weighted by Crippen LogP contribution is -2.65. The molecule has 0 aromatic rings. The molecule has 0 radical (unpaired) electrons. The molecule has 136 valence electrons. The van der Waals surface area contributed by atoms with Gasteiger partial charge >= 0.3 is 23.9 Å². The SMILES string of the molecule is COC(=O)[C@H]1C[C@]2(C(=O)O)C[C@@](C(=O)O)(C[C@H](C(=O)OC)C2=O)C1=O. The van der Waals surface area contributed by atoms with Crippen LogP contribution in [0, 0.1) is 22.7 Å². The standard InChI is InChI=1S/C15H16O10/c1-24-10(18)6-3-14(12(20)21)5-15(8(6)16,13(22)23)4-7(9(14)17)11(19)25-2/h6-7H,3-5H2,1-2H3,(H,20,21)(H,22,23)/t6-,7-,14-,15-/m0/s1. The number of methoxy groups -OCH3 is 2. The Labute approximate surface area is 141 Å². The highest BCUT2D eigenvalue weighted by Crippen LogP contribution is 2.56. The van der Waals surface area contributed by atoms with Crippen LogP contribution in [0.3, 0.4) is 0 Å². The fraction of sp³-hybridized carbons (Fsp3) is 0.600. The third kappa shape index (κ3) is 2.39. The van der Waals surface area contributed by atoms with Crippen molar-refractivity contribution in [3.63, 3.8) is 0 Å². The maximum atomic E-state index is 12.7. The van der Waals surface area contributed by atoms with Crippen molar-refractivity contribution in [2.24, 2.45) is 22.7 Å². The first-order valence-electron chi connectivity index (χ1n) is 7.28. The van der Waals surface area contributed by atoms with Crippen LogP contribution in [0.15, 0.2) is 0 Å². The lowest BCUT2D eigenvalue weighted by Gasteiger charge is -2.49. The van der Waals surface area contributed by atoms with E-state index in [9.17, 15) is 39.0 Å². The summed E-state index contributed by atoms with van der Waals surface area (Å²) < 4.78 is 8.91. The van der Waals surface area contributed by atoms with E-state index in [4.69, 9.17) is 0 Å². The Morgan fingerprint density at radius 1 is 0.840 bits per heavy atom. The molecular weight excluding hydrogens is 340 g/mol. The minimum absolute atomic E-state index is 0.755. The molecule has 2 N–H and O–H groups in total. The second-order valence-corrected chi connectivity index (χ2v) is 6.24. The van der Waals surface area contributed by atoms with Gasteiger partial charge in [0.25, 0.3) is 0 Å². The van der Waals surface area contributed by atoms with Gasteiger partial charge in [0.1, 0.15) is 22.7 Å². The average Bonchev–Trinajstić information content (AvgIpc) is 2.58. The second-order valence-electron chi connectivity index (χ2n) is 6.24. The summed E-state index contributed by atoms with van der Waals surface area (Å²) in [6.07, 6.45) is -2.33. The molecule has 4 atom stereocenters. The molecule has 2 saturated carbocycles. The number of ketones is 2. The highest BCUT2D eigenvalue weighted by Gasteiger charge is 2.71. The molecule has 0 aromatic heterocycles. The Bertz CT molecular complexity index is 636. The summed E-state index contributed by atoms with van der Waals surface area (Å²) in [6, 6.07) is 0. The predicted octanol–water partition coefficient (Wildman–Crippen LogP) is -0.957. The average molecular weight is 356 g/mol. The number of ether oxygens (including phenoxy) is 2. The van der Waals surface area contributed by atoms with Crippen LogP contribution >= 0.6 is 0 Å². The van der Waals surface area contributed by atoms with Crippen molar-refractivity contribution < 1.29 is 48.5 Å². The Morgan fingerprint density at radius 2 is 1.16 bits per heavy atom. The van der Waals surface area contributed by atoms with Crippen LogP contribution in [0.25, 0.3) is 0 Å². The van der Waals surface area contributed by atoms with Gasteiger partial charge in [0, 0.05) is 0 Å². The van der Waals surface area contributed by atoms with Crippen molar-refractivity contribution in [2.45, 2.75) is 19.3 Å². The fourth-order valence-electron chi connectivity index (χ4n) is 3.79. The first-order chi connectivity index (χ1) is 11.6. The Hall–Kier alpha value is -2.78. The summed E-state index contributed by atoms with van der Waals surface area (Å²) in [4.78, 5) is 72.9. The van der Waals surface area contributed by atoms with Gasteiger partial charge in [-0.15, -0.1) is 0 Å². The molecule has 2 rings (SSSR count). The molecule has 2 aliphatic rings. The Kier molecular flexibility index (Phi) is 4.41. The van der Waals surface area contributed by atoms with Crippen LogP contribution in [0.2, 0.25) is 0 Å². The number of carboxylic acid groups (broad SMARTS) is 2. The number of aliphatic carboxylic acids is 2. The molecule has 2 fully saturated rings. The molecule has 0 unspecified atom stereocenters. The van der Waals surface area contributed by atoms with Gasteiger partial charge < -0.3 is 19.7 Å². The number of rotatable bonds is 4. The smallest absolute Gasteiger partial charge is 0.317 e. The third-order valence-corrected chi connectivity index (χ3v) is 5.08. The molecule has 2 bridgehead atoms. The summed E-state index contributed by atoms with van der Waals surface area (Å²) in [7, 11) is 1.92. The van der Waals surface area contributed by atoms with E-state index in [0.29, 0.717) is 0 Å². The first-order valence-corrected chi connectivity index (χ1v) is 7.28. The van der Waals surface area contributed by atoms with E-state index in [2.05, 4.69) is 9.47 Å². The summed E-state index contributed by atoms with van der Waals surface area (Å²) in [5.41, 5.74) is -4.72. The van der Waals surface area contributed by atoms with Gasteiger partial charge in [0.05, 0.1) is 14.2 Å². The summed E-state index contributed by atoms with van der Waals surface area (Å²) >= 11 is 0. The van der Waals surface area contributed by atoms with Crippen LogP contribution in [-0.2, 0) is 38.2 Å². The number of carbonyl (C=O) groups is 6. The topological polar surface area (TPSA) is 161 Å². The molecule has 0 saturated heterocycles. The number of fused-ring (bicyclic) bond motifs is 2. The van der Waals surface area contributed by atoms with Crippen molar-refractivity contribution in [1.82, 2.24) is 0 Å². The van der Waals surface area contributed by atoms with Crippen molar-refractivity contribution in [1.29, 1.82) is 0 Å². The zero-order chi connectivity index (χ0) is 19.2. The van der Waals surface area contributed by atoms with Gasteiger partial charge in [-0.3, -0.25) is 28.8 Å². The van der Waals surface area contributed by atoms with E-state index in [0.717, 1.165) is 14.2 Å². The van der Waals surface area contributed by atoms with Gasteiger partial charge in [-0.05, 0) is 19.3 Å². The maximum absolute atomic E-state index is 12.7. The van der Waals surface area contributed by atoms with Crippen LogP contribution in [0.1, 0.15) is 19.3 Å². The van der Waals surface area contributed by atoms with Crippen LogP contribution in [0.5, 0.6) is 0 Å². The molecular formula is C15H16O10. The molecule has 0 heterocycles. The third-order valence-electron chi connectivity index (χ3n) is 5.08. The zero-order valence-corrected chi connectivity index (χ0v) is 13.4. The monoisotopic (exact) mass is 356 g/mol. The van der Waals surface area contributed by atoms with E-state index in [-0.39, 0.29) is 0 Å². The lowest BCUT2D eigenvalue weighted by atomic mass is 9.48. The van der Waals surface area contributed by atoms with Crippen LogP contribution in [0.4, 0.5) is 0 Å². The largest absolute Gasteiger partial charge is 0.480 e. The molecule has 25 heavy (non-hydrogen) atoms. The summed E-state index contributed by atoms with van der Waals surface area (Å²) in [6.45, 7) is 0. The summed E-state index contributed by atoms with van der Waals surface area (Å²) in [5.74, 6) is -11.2. The van der Waals surface area contributed by atoms with E-state index >= 15 is 0 Å². The van der Waals surface area contributed by atoms with Gasteiger partial charge in [-0.2, -0.15) is 0 Å². The van der Waals surface area contributed by atoms with E-state index in [1.807, 2.05) is 0 Å². The van der Waals surface area contributed by atoms with Gasteiger partial charge in [-0.1, -0.05) is 0 Å². The highest BCUT2D eigenvalue weighted by atomic mass is 16.5. The molecule has 10 nitrogen and oxygen atoms in total. The van der Waals surface area contributed by atoms with Gasteiger partial charge in [0.15, 0.2) is 11.6 Å². The molecule has 0 spiro atoms. The van der Waals surface area contributed by atoms with Gasteiger partial charge in [-0.25, -0.2) is 0 Å². The number of esters is 2. The molecule has 0 amide bonds. The second kappa shape index (κ2) is 5.94. The Balaban J connectivity index is 2.71. The number of Topliss-reactive ketones (excluding diaryl/α,β-unsaturated/α-hetero) is 2. The van der Waals surface area contributed by atoms with E-state index in [1.54, 1.807) is 0 Å². The van der Waals surface area contributed by atoms with Crippen molar-refractivity contribution in [3.8, 4) is 0 Å². The molecule has 10 heteroatoms. The minimum atomic E-state index is -2.36. The predicted molar refractivity (Wildman–Crippen MR) is 75.0 cm³/mol. The maximum Gasteiger partial charge on any atom is 0.317 e. The lowest BCUT2D eigenvalue weighted by molar-refractivity contribution is -0.186. The zero-order valence-electron chi connectivity index (χ0n) is 13.4. The van der Waals surface area contributed by atoms with E-state index < -0.39 is 77.4 Å². The van der Waals surface area contributed by atoms with Crippen molar-refractivity contribution in [2.75, 3.05) is 14.2 Å². The molecule has 0 aliphatic heterocycles. The number of hydrogen-bond donors (Lipinski definition) is 2. The fourth-order valence-corrected chi connectivity index (χ4v) is 3.79. The first kappa shape index (κ1) is 18.6.